The van der Waals surface area contributed by atoms with Crippen LogP contribution >= 0.6 is 0 Å². The number of hydrogen-bond acceptors (Lipinski definition) is 3. The van der Waals surface area contributed by atoms with E-state index in [2.05, 4.69) is 72.7 Å². The molecule has 0 spiro atoms. The number of benzene rings is 2. The normalized spacial score (nSPS) is 11.5. The summed E-state index contributed by atoms with van der Waals surface area (Å²) < 4.78 is 0. The van der Waals surface area contributed by atoms with Crippen molar-refractivity contribution in [2.45, 2.75) is 40.0 Å². The number of rotatable bonds is 7. The lowest BCUT2D eigenvalue weighted by Crippen LogP contribution is -2.18. The zero-order chi connectivity index (χ0) is 20.8. The Labute approximate surface area is 172 Å². The summed E-state index contributed by atoms with van der Waals surface area (Å²) in [5, 5.41) is 11.1. The van der Waals surface area contributed by atoms with Crippen LogP contribution in [0.2, 0.25) is 0 Å². The van der Waals surface area contributed by atoms with Crippen molar-refractivity contribution in [3.8, 4) is 11.3 Å². The summed E-state index contributed by atoms with van der Waals surface area (Å²) in [6.45, 7) is 8.72. The maximum Gasteiger partial charge on any atom is 0.289 e. The lowest BCUT2D eigenvalue weighted by Gasteiger charge is -2.05. The molecule has 5 heteroatoms. The number of hydrazone groups is 1. The van der Waals surface area contributed by atoms with Crippen LogP contribution in [0.15, 0.2) is 59.7 Å². The number of aromatic amines is 1. The van der Waals surface area contributed by atoms with Crippen LogP contribution in [0.1, 0.15) is 60.8 Å². The third-order valence-electron chi connectivity index (χ3n) is 4.70. The van der Waals surface area contributed by atoms with Gasteiger partial charge in [-0.05, 0) is 41.0 Å². The van der Waals surface area contributed by atoms with Crippen LogP contribution in [0.4, 0.5) is 0 Å². The molecule has 0 saturated heterocycles. The minimum absolute atomic E-state index is 0.324. The fourth-order valence-corrected chi connectivity index (χ4v) is 3.06. The van der Waals surface area contributed by atoms with Crippen LogP contribution in [0.25, 0.3) is 11.3 Å². The minimum atomic E-state index is -0.324. The quantitative estimate of drug-likeness (QED) is 0.433. The van der Waals surface area contributed by atoms with Gasteiger partial charge in [-0.2, -0.15) is 10.2 Å². The number of nitrogens with one attached hydrogen (secondary N) is 2. The molecule has 1 aromatic heterocycles. The molecule has 0 aliphatic rings. The maximum absolute atomic E-state index is 12.3. The highest BCUT2D eigenvalue weighted by atomic mass is 16.2. The van der Waals surface area contributed by atoms with Gasteiger partial charge in [-0.3, -0.25) is 9.89 Å². The number of carbonyl (C=O) groups is 1. The van der Waals surface area contributed by atoms with E-state index < -0.39 is 0 Å². The van der Waals surface area contributed by atoms with E-state index in [9.17, 15) is 4.79 Å². The van der Waals surface area contributed by atoms with Gasteiger partial charge in [0.05, 0.1) is 11.9 Å². The average molecular weight is 389 g/mol. The SMILES string of the molecule is CC(C)Cc1ccc(-c2cc(C(=O)N/N=C/c3ccc(C(C)C)cc3)[nH]n2)cc1. The molecular weight excluding hydrogens is 360 g/mol. The van der Waals surface area contributed by atoms with Crippen LogP contribution in [-0.4, -0.2) is 22.3 Å². The summed E-state index contributed by atoms with van der Waals surface area (Å²) >= 11 is 0. The van der Waals surface area contributed by atoms with Gasteiger partial charge in [0.25, 0.3) is 5.91 Å². The average Bonchev–Trinajstić information content (AvgIpc) is 3.19. The standard InChI is InChI=1S/C24H28N4O/c1-16(2)13-18-5-11-21(12-6-18)22-14-23(27-26-22)24(29)28-25-15-19-7-9-20(10-8-19)17(3)4/h5-12,14-17H,13H2,1-4H3,(H,26,27)(H,28,29)/b25-15+. The van der Waals surface area contributed by atoms with Crippen molar-refractivity contribution in [1.82, 2.24) is 15.6 Å². The molecule has 29 heavy (non-hydrogen) atoms. The van der Waals surface area contributed by atoms with Crippen LogP contribution in [0.3, 0.4) is 0 Å². The molecule has 150 valence electrons. The van der Waals surface area contributed by atoms with E-state index in [4.69, 9.17) is 0 Å². The molecule has 3 aromatic rings. The second-order valence-electron chi connectivity index (χ2n) is 7.98. The molecule has 0 aliphatic carbocycles. The van der Waals surface area contributed by atoms with Crippen molar-refractivity contribution >= 4 is 12.1 Å². The third-order valence-corrected chi connectivity index (χ3v) is 4.70. The Balaban J connectivity index is 1.60. The Hall–Kier alpha value is -3.21. The lowest BCUT2D eigenvalue weighted by atomic mass is 10.0. The molecule has 0 saturated carbocycles. The summed E-state index contributed by atoms with van der Waals surface area (Å²) in [5.41, 5.74) is 8.13. The third kappa shape index (κ3) is 5.64. The predicted molar refractivity (Wildman–Crippen MR) is 118 cm³/mol. The number of amides is 1. The summed E-state index contributed by atoms with van der Waals surface area (Å²) in [5.74, 6) is 0.784. The topological polar surface area (TPSA) is 70.1 Å². The fraction of sp³-hybridized carbons (Fsp3) is 0.292. The maximum atomic E-state index is 12.3. The van der Waals surface area contributed by atoms with Crippen LogP contribution < -0.4 is 5.43 Å². The molecule has 2 aromatic carbocycles. The van der Waals surface area contributed by atoms with Crippen LogP contribution in [0, 0.1) is 5.92 Å². The van der Waals surface area contributed by atoms with E-state index >= 15 is 0 Å². The number of hydrogen-bond donors (Lipinski definition) is 2. The van der Waals surface area contributed by atoms with Gasteiger partial charge in [0.15, 0.2) is 0 Å². The van der Waals surface area contributed by atoms with Gasteiger partial charge >= 0.3 is 0 Å². The van der Waals surface area contributed by atoms with Crippen molar-refractivity contribution in [2.75, 3.05) is 0 Å². The summed E-state index contributed by atoms with van der Waals surface area (Å²) in [4.78, 5) is 12.3. The highest BCUT2D eigenvalue weighted by Crippen LogP contribution is 2.19. The van der Waals surface area contributed by atoms with Gasteiger partial charge in [-0.1, -0.05) is 76.2 Å². The molecule has 0 bridgehead atoms. The first kappa shape index (κ1) is 20.5. The van der Waals surface area contributed by atoms with Gasteiger partial charge in [-0.15, -0.1) is 0 Å². The number of nitrogens with zero attached hydrogens (tertiary/aromatic N) is 2. The van der Waals surface area contributed by atoms with Crippen molar-refractivity contribution < 1.29 is 4.79 Å². The van der Waals surface area contributed by atoms with E-state index in [1.54, 1.807) is 12.3 Å². The van der Waals surface area contributed by atoms with E-state index in [1.165, 1.54) is 11.1 Å². The lowest BCUT2D eigenvalue weighted by molar-refractivity contribution is 0.0950. The Morgan fingerprint density at radius 2 is 1.76 bits per heavy atom. The summed E-state index contributed by atoms with van der Waals surface area (Å²) in [6, 6.07) is 18.1. The molecule has 0 aliphatic heterocycles. The molecule has 0 radical (unpaired) electrons. The molecule has 2 N–H and O–H groups in total. The first-order valence-corrected chi connectivity index (χ1v) is 10.0. The molecule has 0 atom stereocenters. The zero-order valence-electron chi connectivity index (χ0n) is 17.4. The Morgan fingerprint density at radius 3 is 2.38 bits per heavy atom. The van der Waals surface area contributed by atoms with Gasteiger partial charge in [0, 0.05) is 5.56 Å². The van der Waals surface area contributed by atoms with Crippen LogP contribution in [-0.2, 0) is 6.42 Å². The molecule has 1 amide bonds. The zero-order valence-corrected chi connectivity index (χ0v) is 17.4. The molecule has 0 unspecified atom stereocenters. The van der Waals surface area contributed by atoms with E-state index in [0.717, 1.165) is 23.2 Å². The Morgan fingerprint density at radius 1 is 1.07 bits per heavy atom. The van der Waals surface area contributed by atoms with Gasteiger partial charge in [-0.25, -0.2) is 5.43 Å². The van der Waals surface area contributed by atoms with E-state index in [0.29, 0.717) is 17.5 Å². The van der Waals surface area contributed by atoms with Crippen molar-refractivity contribution in [2.24, 2.45) is 11.0 Å². The Bertz CT molecular complexity index is 967. The second-order valence-corrected chi connectivity index (χ2v) is 7.98. The first-order valence-electron chi connectivity index (χ1n) is 10.0. The monoisotopic (exact) mass is 388 g/mol. The molecule has 3 rings (SSSR count). The summed E-state index contributed by atoms with van der Waals surface area (Å²) in [6.07, 6.45) is 2.68. The minimum Gasteiger partial charge on any atom is -0.272 e. The summed E-state index contributed by atoms with van der Waals surface area (Å²) in [7, 11) is 0. The first-order chi connectivity index (χ1) is 13.9. The number of H-pyrrole nitrogens is 1. The number of carbonyl (C=O) groups excluding carboxylic acids is 1. The molecule has 1 heterocycles. The largest absolute Gasteiger partial charge is 0.289 e. The fourth-order valence-electron chi connectivity index (χ4n) is 3.06. The second kappa shape index (κ2) is 9.32. The predicted octanol–water partition coefficient (Wildman–Crippen LogP) is 5.16. The van der Waals surface area contributed by atoms with Gasteiger partial charge in [0.2, 0.25) is 0 Å². The van der Waals surface area contributed by atoms with Crippen molar-refractivity contribution in [3.05, 3.63) is 77.0 Å². The van der Waals surface area contributed by atoms with E-state index in [-0.39, 0.29) is 5.91 Å². The Kier molecular flexibility index (Phi) is 6.60. The van der Waals surface area contributed by atoms with Gasteiger partial charge < -0.3 is 0 Å². The van der Waals surface area contributed by atoms with Crippen molar-refractivity contribution in [1.29, 1.82) is 0 Å². The van der Waals surface area contributed by atoms with E-state index in [1.807, 2.05) is 24.3 Å². The van der Waals surface area contributed by atoms with Crippen LogP contribution in [0.5, 0.6) is 0 Å². The number of aromatic nitrogens is 2. The molecule has 0 fully saturated rings. The molecular formula is C24H28N4O. The highest BCUT2D eigenvalue weighted by molar-refractivity contribution is 5.94. The smallest absolute Gasteiger partial charge is 0.272 e. The van der Waals surface area contributed by atoms with Crippen molar-refractivity contribution in [3.63, 3.8) is 0 Å². The molecule has 5 nitrogen and oxygen atoms in total. The van der Waals surface area contributed by atoms with Gasteiger partial charge in [0.1, 0.15) is 5.69 Å². The highest BCUT2D eigenvalue weighted by Gasteiger charge is 2.10.